The van der Waals surface area contributed by atoms with Crippen molar-refractivity contribution in [3.63, 3.8) is 0 Å². The highest BCUT2D eigenvalue weighted by atomic mass is 79.9. The van der Waals surface area contributed by atoms with Crippen molar-refractivity contribution in [2.24, 2.45) is 0 Å². The molecule has 0 radical (unpaired) electrons. The number of rotatable bonds is 3. The Kier molecular flexibility index (Phi) is 4.33. The van der Waals surface area contributed by atoms with Crippen molar-refractivity contribution in [1.29, 1.82) is 10.5 Å². The maximum Gasteiger partial charge on any atom is 0.280 e. The number of nitriles is 2. The molecule has 1 aromatic rings. The summed E-state index contributed by atoms with van der Waals surface area (Å²) in [7, 11) is 0. The summed E-state index contributed by atoms with van der Waals surface area (Å²) in [4.78, 5) is 3.59. The van der Waals surface area contributed by atoms with Crippen molar-refractivity contribution in [2.45, 2.75) is 18.2 Å². The van der Waals surface area contributed by atoms with Crippen molar-refractivity contribution >= 4 is 15.9 Å². The number of alkyl halides is 3. The molecular weight excluding hydrogens is 280 g/mol. The van der Waals surface area contributed by atoms with Gasteiger partial charge in [0.25, 0.3) is 6.43 Å². The molecule has 0 saturated carbocycles. The third kappa shape index (κ3) is 2.34. The normalized spacial score (nSPS) is 9.88. The minimum Gasteiger partial charge on any atom is -0.255 e. The molecule has 0 saturated heterocycles. The van der Waals surface area contributed by atoms with Gasteiger partial charge in [0.2, 0.25) is 0 Å². The smallest absolute Gasteiger partial charge is 0.255 e. The molecule has 0 aromatic carbocycles. The van der Waals surface area contributed by atoms with E-state index in [9.17, 15) is 8.78 Å². The second-order valence-corrected chi connectivity index (χ2v) is 3.46. The second kappa shape index (κ2) is 5.53. The fraction of sp³-hybridized carbons (Fsp3) is 0.300. The summed E-state index contributed by atoms with van der Waals surface area (Å²) >= 11 is 3.05. The average molecular weight is 286 g/mol. The van der Waals surface area contributed by atoms with Gasteiger partial charge < -0.3 is 0 Å². The third-order valence-corrected chi connectivity index (χ3v) is 2.57. The number of hydrogen-bond acceptors (Lipinski definition) is 3. The lowest BCUT2D eigenvalue weighted by Crippen LogP contribution is -2.04. The van der Waals surface area contributed by atoms with Gasteiger partial charge >= 0.3 is 0 Å². The Bertz CT molecular complexity index is 474. The Balaban J connectivity index is 3.42. The van der Waals surface area contributed by atoms with Crippen LogP contribution in [0.1, 0.15) is 28.8 Å². The van der Waals surface area contributed by atoms with Crippen LogP contribution < -0.4 is 0 Å². The van der Waals surface area contributed by atoms with Crippen LogP contribution in [0.2, 0.25) is 0 Å². The van der Waals surface area contributed by atoms with Gasteiger partial charge in [-0.05, 0) is 0 Å². The highest BCUT2D eigenvalue weighted by molar-refractivity contribution is 9.08. The van der Waals surface area contributed by atoms with Gasteiger partial charge in [-0.2, -0.15) is 10.5 Å². The van der Waals surface area contributed by atoms with Crippen molar-refractivity contribution in [2.75, 3.05) is 0 Å². The standard InChI is InChI=1S/C10H6BrF2N3/c11-3-7-8(4-15)6(1-2-14)5-16-9(7)10(12)13/h5,10H,1,3H2. The van der Waals surface area contributed by atoms with Crippen molar-refractivity contribution in [3.8, 4) is 12.1 Å². The van der Waals surface area contributed by atoms with Crippen molar-refractivity contribution in [3.05, 3.63) is 28.6 Å². The maximum atomic E-state index is 12.6. The van der Waals surface area contributed by atoms with Crippen LogP contribution in [0.4, 0.5) is 8.78 Å². The van der Waals surface area contributed by atoms with Crippen LogP contribution in [-0.4, -0.2) is 4.98 Å². The number of aromatic nitrogens is 1. The minimum atomic E-state index is -2.73. The van der Waals surface area contributed by atoms with Gasteiger partial charge in [-0.3, -0.25) is 4.98 Å². The maximum absolute atomic E-state index is 12.6. The Morgan fingerprint density at radius 3 is 2.56 bits per heavy atom. The average Bonchev–Trinajstić information content (AvgIpc) is 2.28. The molecule has 0 spiro atoms. The summed E-state index contributed by atoms with van der Waals surface area (Å²) < 4.78 is 25.2. The predicted molar refractivity (Wildman–Crippen MR) is 55.9 cm³/mol. The minimum absolute atomic E-state index is 0.0145. The van der Waals surface area contributed by atoms with Gasteiger partial charge in [-0.1, -0.05) is 15.9 Å². The van der Waals surface area contributed by atoms with Crippen LogP contribution >= 0.6 is 15.9 Å². The molecule has 16 heavy (non-hydrogen) atoms. The molecule has 0 aliphatic rings. The third-order valence-electron chi connectivity index (χ3n) is 2.01. The lowest BCUT2D eigenvalue weighted by molar-refractivity contribution is 0.145. The first-order valence-corrected chi connectivity index (χ1v) is 5.39. The molecule has 0 bridgehead atoms. The Morgan fingerprint density at radius 2 is 2.12 bits per heavy atom. The largest absolute Gasteiger partial charge is 0.280 e. The van der Waals surface area contributed by atoms with E-state index < -0.39 is 12.1 Å². The van der Waals surface area contributed by atoms with Gasteiger partial charge in [-0.15, -0.1) is 0 Å². The Hall–Kier alpha value is -1.53. The summed E-state index contributed by atoms with van der Waals surface area (Å²) in [5.74, 6) is 0. The molecule has 1 aromatic heterocycles. The first-order valence-electron chi connectivity index (χ1n) is 4.27. The lowest BCUT2D eigenvalue weighted by atomic mass is 10.0. The molecule has 0 aliphatic carbocycles. The van der Waals surface area contributed by atoms with Gasteiger partial charge in [-0.25, -0.2) is 8.78 Å². The molecule has 0 atom stereocenters. The fourth-order valence-electron chi connectivity index (χ4n) is 1.29. The number of hydrogen-bond donors (Lipinski definition) is 0. The lowest BCUT2D eigenvalue weighted by Gasteiger charge is -2.09. The Morgan fingerprint density at radius 1 is 1.44 bits per heavy atom. The number of nitrogens with zero attached hydrogens (tertiary/aromatic N) is 3. The molecule has 1 rings (SSSR count). The summed E-state index contributed by atoms with van der Waals surface area (Å²) in [5, 5.41) is 17.6. The van der Waals surface area contributed by atoms with E-state index in [2.05, 4.69) is 20.9 Å². The molecule has 0 N–H and O–H groups in total. The first-order chi connectivity index (χ1) is 7.65. The van der Waals surface area contributed by atoms with Crippen LogP contribution in [0.25, 0.3) is 0 Å². The van der Waals surface area contributed by atoms with Gasteiger partial charge in [0.15, 0.2) is 0 Å². The van der Waals surface area contributed by atoms with E-state index in [1.54, 1.807) is 0 Å². The summed E-state index contributed by atoms with van der Waals surface area (Å²) in [6, 6.07) is 3.71. The molecule has 0 aliphatic heterocycles. The van der Waals surface area contributed by atoms with Crippen LogP contribution in [-0.2, 0) is 11.8 Å². The summed E-state index contributed by atoms with van der Waals surface area (Å²) in [6.45, 7) is 0. The number of halogens is 3. The van der Waals surface area contributed by atoms with Crippen molar-refractivity contribution < 1.29 is 8.78 Å². The zero-order valence-electron chi connectivity index (χ0n) is 8.04. The summed E-state index contributed by atoms with van der Waals surface area (Å²) in [6.07, 6.45) is -1.58. The van der Waals surface area contributed by atoms with Crippen molar-refractivity contribution in [1.82, 2.24) is 4.98 Å². The molecule has 3 nitrogen and oxygen atoms in total. The van der Waals surface area contributed by atoms with E-state index >= 15 is 0 Å². The zero-order chi connectivity index (χ0) is 12.1. The van der Waals surface area contributed by atoms with Crippen LogP contribution in [0.3, 0.4) is 0 Å². The predicted octanol–water partition coefficient (Wildman–Crippen LogP) is 2.85. The SMILES string of the molecule is N#CCc1cnc(C(F)F)c(CBr)c1C#N. The molecule has 0 unspecified atom stereocenters. The van der Waals surface area contributed by atoms with Crippen LogP contribution in [0.5, 0.6) is 0 Å². The van der Waals surface area contributed by atoms with Crippen LogP contribution in [0.15, 0.2) is 6.20 Å². The Labute approximate surface area is 99.5 Å². The highest BCUT2D eigenvalue weighted by Crippen LogP contribution is 2.27. The molecule has 6 heteroatoms. The molecule has 1 heterocycles. The topological polar surface area (TPSA) is 60.5 Å². The quantitative estimate of drug-likeness (QED) is 0.803. The highest BCUT2D eigenvalue weighted by Gasteiger charge is 2.19. The van der Waals surface area contributed by atoms with E-state index in [-0.39, 0.29) is 22.9 Å². The molecule has 0 fully saturated rings. The van der Waals surface area contributed by atoms with E-state index in [4.69, 9.17) is 10.5 Å². The van der Waals surface area contributed by atoms with E-state index in [0.717, 1.165) is 6.20 Å². The van der Waals surface area contributed by atoms with Gasteiger partial charge in [0.05, 0.1) is 24.1 Å². The fourth-order valence-corrected chi connectivity index (χ4v) is 1.86. The first kappa shape index (κ1) is 12.5. The zero-order valence-corrected chi connectivity index (χ0v) is 9.63. The second-order valence-electron chi connectivity index (χ2n) is 2.90. The van der Waals surface area contributed by atoms with E-state index in [1.165, 1.54) is 0 Å². The van der Waals surface area contributed by atoms with E-state index in [1.807, 2.05) is 12.1 Å². The van der Waals surface area contributed by atoms with Gasteiger partial charge in [0, 0.05) is 22.7 Å². The van der Waals surface area contributed by atoms with Gasteiger partial charge in [0.1, 0.15) is 5.69 Å². The monoisotopic (exact) mass is 285 g/mol. The van der Waals surface area contributed by atoms with E-state index in [0.29, 0.717) is 5.56 Å². The molecule has 82 valence electrons. The summed E-state index contributed by atoms with van der Waals surface area (Å²) in [5.41, 5.74) is 0.243. The molecular formula is C10H6BrF2N3. The van der Waals surface area contributed by atoms with Crippen LogP contribution in [0, 0.1) is 22.7 Å². The number of pyridine rings is 1. The molecule has 0 amide bonds.